The quantitative estimate of drug-likeness (QED) is 0.444. The monoisotopic (exact) mass is 256 g/mol. The summed E-state index contributed by atoms with van der Waals surface area (Å²) in [6, 6.07) is 9.37. The van der Waals surface area contributed by atoms with Gasteiger partial charge >= 0.3 is 0 Å². The van der Waals surface area contributed by atoms with Gasteiger partial charge in [0.1, 0.15) is 12.4 Å². The molecule has 0 aliphatic heterocycles. The van der Waals surface area contributed by atoms with E-state index in [-0.39, 0.29) is 18.2 Å². The second-order valence-electron chi connectivity index (χ2n) is 3.94. The van der Waals surface area contributed by atoms with Crippen LogP contribution in [-0.4, -0.2) is 20.7 Å². The van der Waals surface area contributed by atoms with Crippen LogP contribution in [0.4, 0.5) is 0 Å². The number of carbonyl (C=O) groups excluding carboxylic acids is 1. The van der Waals surface area contributed by atoms with Gasteiger partial charge in [0.15, 0.2) is 0 Å². The molecule has 0 saturated carbocycles. The summed E-state index contributed by atoms with van der Waals surface area (Å²) in [6.07, 6.45) is 1.76. The number of aromatic nitrogens is 3. The Kier molecular flexibility index (Phi) is 3.85. The molecule has 2 aromatic rings. The van der Waals surface area contributed by atoms with E-state index >= 15 is 0 Å². The summed E-state index contributed by atoms with van der Waals surface area (Å²) in [5, 5.41) is 12.6. The molecule has 2 rings (SSSR count). The van der Waals surface area contributed by atoms with Crippen LogP contribution in [-0.2, 0) is 17.8 Å². The first-order valence-corrected chi connectivity index (χ1v) is 5.58. The molecule has 0 radical (unpaired) electrons. The zero-order valence-electron chi connectivity index (χ0n) is 10.1. The van der Waals surface area contributed by atoms with E-state index in [0.717, 1.165) is 11.1 Å². The van der Waals surface area contributed by atoms with E-state index in [1.165, 1.54) is 6.33 Å². The minimum Gasteiger partial charge on any atom is -0.294 e. The number of nitrogens with two attached hydrogens (primary N) is 1. The lowest BCUT2D eigenvalue weighted by Crippen LogP contribution is -2.31. The van der Waals surface area contributed by atoms with Crippen LogP contribution in [0, 0.1) is 11.3 Å². The summed E-state index contributed by atoms with van der Waals surface area (Å²) in [6.45, 7) is 0.526. The van der Waals surface area contributed by atoms with Gasteiger partial charge in [0.2, 0.25) is 5.91 Å². The first-order chi connectivity index (χ1) is 9.21. The van der Waals surface area contributed by atoms with E-state index in [0.29, 0.717) is 6.54 Å². The lowest BCUT2D eigenvalue weighted by atomic mass is 10.1. The Morgan fingerprint density at radius 2 is 2.05 bits per heavy atom. The van der Waals surface area contributed by atoms with Crippen LogP contribution in [0.3, 0.4) is 0 Å². The number of hydrogen-bond donors (Lipinski definition) is 2. The summed E-state index contributed by atoms with van der Waals surface area (Å²) >= 11 is 0. The number of carbonyl (C=O) groups is 1. The van der Waals surface area contributed by atoms with Gasteiger partial charge in [-0.05, 0) is 11.1 Å². The van der Waals surface area contributed by atoms with E-state index in [2.05, 4.69) is 15.5 Å². The van der Waals surface area contributed by atoms with Crippen LogP contribution in [0.5, 0.6) is 0 Å². The van der Waals surface area contributed by atoms with Gasteiger partial charge < -0.3 is 0 Å². The van der Waals surface area contributed by atoms with E-state index in [1.54, 1.807) is 4.68 Å². The fourth-order valence-corrected chi connectivity index (χ4v) is 1.61. The van der Waals surface area contributed by atoms with Gasteiger partial charge in [-0.25, -0.2) is 15.5 Å². The first kappa shape index (κ1) is 12.7. The summed E-state index contributed by atoms with van der Waals surface area (Å²) in [5.41, 5.74) is 3.97. The van der Waals surface area contributed by atoms with Crippen molar-refractivity contribution in [2.75, 3.05) is 0 Å². The van der Waals surface area contributed by atoms with Crippen molar-refractivity contribution in [2.24, 2.45) is 5.84 Å². The fourth-order valence-electron chi connectivity index (χ4n) is 1.61. The van der Waals surface area contributed by atoms with E-state index in [1.807, 2.05) is 30.3 Å². The maximum Gasteiger partial charge on any atom is 0.252 e. The first-order valence-electron chi connectivity index (χ1n) is 5.58. The highest BCUT2D eigenvalue weighted by Gasteiger charge is 2.03. The van der Waals surface area contributed by atoms with Crippen molar-refractivity contribution < 1.29 is 4.79 Å². The Balaban J connectivity index is 2.02. The van der Waals surface area contributed by atoms with Crippen molar-refractivity contribution >= 4 is 5.91 Å². The molecule has 0 bridgehead atoms. The highest BCUT2D eigenvalue weighted by molar-refractivity contribution is 5.77. The minimum atomic E-state index is -0.234. The smallest absolute Gasteiger partial charge is 0.252 e. The molecule has 0 saturated heterocycles. The second-order valence-corrected chi connectivity index (χ2v) is 3.94. The molecule has 1 amide bonds. The molecule has 96 valence electrons. The summed E-state index contributed by atoms with van der Waals surface area (Å²) < 4.78 is 1.58. The number of hydrazine groups is 1. The molecular formula is C12H12N6O. The van der Waals surface area contributed by atoms with Gasteiger partial charge in [-0.1, -0.05) is 24.3 Å². The van der Waals surface area contributed by atoms with Crippen LogP contribution in [0.25, 0.3) is 0 Å². The third-order valence-electron chi connectivity index (χ3n) is 2.53. The van der Waals surface area contributed by atoms with E-state index < -0.39 is 0 Å². The predicted octanol–water partition coefficient (Wildman–Crippen LogP) is -0.270. The third kappa shape index (κ3) is 3.37. The maximum absolute atomic E-state index is 11.1. The van der Waals surface area contributed by atoms with Crippen LogP contribution < -0.4 is 11.3 Å². The Hall–Kier alpha value is -2.72. The molecule has 0 fully saturated rings. The van der Waals surface area contributed by atoms with Gasteiger partial charge in [-0.3, -0.25) is 10.2 Å². The van der Waals surface area contributed by atoms with Crippen molar-refractivity contribution in [1.29, 1.82) is 5.26 Å². The molecule has 7 heteroatoms. The number of amides is 1. The zero-order valence-corrected chi connectivity index (χ0v) is 10.1. The number of benzene rings is 1. The second kappa shape index (κ2) is 5.75. The number of nitriles is 1. The minimum absolute atomic E-state index is 0.149. The molecule has 19 heavy (non-hydrogen) atoms. The lowest BCUT2D eigenvalue weighted by molar-refractivity contribution is -0.120. The maximum atomic E-state index is 11.1. The van der Waals surface area contributed by atoms with Crippen molar-refractivity contribution in [3.63, 3.8) is 0 Å². The SMILES string of the molecule is N#Cc1ncn(Cc2ccc(CC(=O)NN)cc2)n1. The molecule has 7 nitrogen and oxygen atoms in total. The van der Waals surface area contributed by atoms with Gasteiger partial charge in [-0.15, -0.1) is 5.10 Å². The van der Waals surface area contributed by atoms with Crippen LogP contribution >= 0.6 is 0 Å². The van der Waals surface area contributed by atoms with Gasteiger partial charge in [0.05, 0.1) is 13.0 Å². The van der Waals surface area contributed by atoms with E-state index in [4.69, 9.17) is 11.1 Å². The average molecular weight is 256 g/mol. The van der Waals surface area contributed by atoms with E-state index in [9.17, 15) is 4.79 Å². The lowest BCUT2D eigenvalue weighted by Gasteiger charge is -2.03. The van der Waals surface area contributed by atoms with Gasteiger partial charge in [-0.2, -0.15) is 5.26 Å². The average Bonchev–Trinajstić information content (AvgIpc) is 2.88. The van der Waals surface area contributed by atoms with Crippen molar-refractivity contribution in [2.45, 2.75) is 13.0 Å². The molecule has 0 atom stereocenters. The highest BCUT2D eigenvalue weighted by Crippen LogP contribution is 2.06. The molecule has 0 spiro atoms. The van der Waals surface area contributed by atoms with Crippen molar-refractivity contribution in [3.05, 3.63) is 47.5 Å². The number of nitrogens with one attached hydrogen (secondary N) is 1. The van der Waals surface area contributed by atoms with Gasteiger partial charge in [0.25, 0.3) is 5.82 Å². The largest absolute Gasteiger partial charge is 0.294 e. The zero-order chi connectivity index (χ0) is 13.7. The molecular weight excluding hydrogens is 244 g/mol. The normalized spacial score (nSPS) is 9.89. The highest BCUT2D eigenvalue weighted by atomic mass is 16.2. The summed E-state index contributed by atoms with van der Waals surface area (Å²) in [4.78, 5) is 14.9. The fraction of sp³-hybridized carbons (Fsp3) is 0.167. The molecule has 1 aromatic carbocycles. The molecule has 3 N–H and O–H groups in total. The molecule has 1 heterocycles. The Morgan fingerprint density at radius 1 is 1.37 bits per heavy atom. The molecule has 0 unspecified atom stereocenters. The van der Waals surface area contributed by atoms with Gasteiger partial charge in [0, 0.05) is 0 Å². The standard InChI is InChI=1S/C12H12N6O/c13-6-11-15-8-18(17-11)7-10-3-1-9(2-4-10)5-12(19)16-14/h1-4,8H,5,7,14H2,(H,16,19). The number of hydrogen-bond acceptors (Lipinski definition) is 5. The van der Waals surface area contributed by atoms with Crippen LogP contribution in [0.15, 0.2) is 30.6 Å². The Bertz CT molecular complexity index is 610. The summed E-state index contributed by atoms with van der Waals surface area (Å²) in [7, 11) is 0. The Morgan fingerprint density at radius 3 is 2.63 bits per heavy atom. The number of nitrogens with zero attached hydrogens (tertiary/aromatic N) is 4. The number of rotatable bonds is 4. The molecule has 0 aliphatic rings. The molecule has 1 aromatic heterocycles. The van der Waals surface area contributed by atoms with Crippen LogP contribution in [0.2, 0.25) is 0 Å². The van der Waals surface area contributed by atoms with Crippen molar-refractivity contribution in [1.82, 2.24) is 20.2 Å². The Labute approximate surface area is 109 Å². The van der Waals surface area contributed by atoms with Crippen LogP contribution in [0.1, 0.15) is 17.0 Å². The third-order valence-corrected chi connectivity index (χ3v) is 2.53. The molecule has 0 aliphatic carbocycles. The topological polar surface area (TPSA) is 110 Å². The summed E-state index contributed by atoms with van der Waals surface area (Å²) in [5.74, 6) is 4.94. The predicted molar refractivity (Wildman–Crippen MR) is 66.3 cm³/mol. The van der Waals surface area contributed by atoms with Crippen molar-refractivity contribution in [3.8, 4) is 6.07 Å².